The van der Waals surface area contributed by atoms with Gasteiger partial charge in [-0.2, -0.15) is 4.31 Å². The molecule has 0 N–H and O–H groups in total. The second-order valence-electron chi connectivity index (χ2n) is 8.51. The van der Waals surface area contributed by atoms with Gasteiger partial charge < -0.3 is 4.90 Å². The van der Waals surface area contributed by atoms with Crippen molar-refractivity contribution in [3.8, 4) is 0 Å². The van der Waals surface area contributed by atoms with Crippen LogP contribution < -0.4 is 0 Å². The number of hydrogen-bond donors (Lipinski definition) is 0. The Kier molecular flexibility index (Phi) is 7.86. The lowest BCUT2D eigenvalue weighted by atomic mass is 10.1. The van der Waals surface area contributed by atoms with Gasteiger partial charge in [0.25, 0.3) is 5.91 Å². The van der Waals surface area contributed by atoms with E-state index in [4.69, 9.17) is 11.6 Å². The Morgan fingerprint density at radius 2 is 1.61 bits per heavy atom. The van der Waals surface area contributed by atoms with Gasteiger partial charge in [-0.15, -0.1) is 0 Å². The van der Waals surface area contributed by atoms with Crippen molar-refractivity contribution in [2.45, 2.75) is 24.2 Å². The average molecular weight is 488 g/mol. The topological polar surface area (TPSA) is 60.9 Å². The third-order valence-corrected chi connectivity index (χ3v) is 8.48. The van der Waals surface area contributed by atoms with Crippen molar-refractivity contribution in [3.63, 3.8) is 0 Å². The van der Waals surface area contributed by atoms with Crippen LogP contribution >= 0.6 is 11.6 Å². The molecule has 0 aliphatic carbocycles. The summed E-state index contributed by atoms with van der Waals surface area (Å²) < 4.78 is 27.6. The highest BCUT2D eigenvalue weighted by atomic mass is 35.5. The minimum atomic E-state index is -3.62. The van der Waals surface area contributed by atoms with Crippen LogP contribution in [0.1, 0.15) is 35.2 Å². The molecule has 2 heterocycles. The molecule has 0 bridgehead atoms. The highest BCUT2D eigenvalue weighted by molar-refractivity contribution is 7.89. The lowest BCUT2D eigenvalue weighted by molar-refractivity contribution is 0.0650. The smallest absolute Gasteiger partial charge is 0.255 e. The maximum atomic E-state index is 13.2. The summed E-state index contributed by atoms with van der Waals surface area (Å²) in [6.45, 7) is 4.54. The summed E-state index contributed by atoms with van der Waals surface area (Å²) in [5.41, 5.74) is 1.42. The lowest BCUT2D eigenvalue weighted by Crippen LogP contribution is -2.48. The number of carbonyl (C=O) groups excluding carboxylic acids is 1. The van der Waals surface area contributed by atoms with Gasteiger partial charge in [-0.05, 0) is 36.6 Å². The van der Waals surface area contributed by atoms with E-state index in [0.29, 0.717) is 26.2 Å². The number of benzene rings is 2. The number of carbonyl (C=O) groups is 1. The molecule has 0 unspecified atom stereocenters. The first kappa shape index (κ1) is 24.0. The van der Waals surface area contributed by atoms with Crippen LogP contribution in [-0.4, -0.2) is 74.2 Å². The van der Waals surface area contributed by atoms with Crippen molar-refractivity contribution < 1.29 is 13.2 Å². The monoisotopic (exact) mass is 487 g/mol. The van der Waals surface area contributed by atoms with E-state index in [1.54, 1.807) is 4.90 Å². The number of rotatable bonds is 6. The van der Waals surface area contributed by atoms with Crippen LogP contribution in [0.4, 0.5) is 0 Å². The average Bonchev–Trinajstić information content (AvgIpc) is 2.85. The largest absolute Gasteiger partial charge is 0.336 e. The van der Waals surface area contributed by atoms with Crippen LogP contribution in [0.25, 0.3) is 6.08 Å². The molecule has 33 heavy (non-hydrogen) atoms. The minimum absolute atomic E-state index is 0.141. The fourth-order valence-electron chi connectivity index (χ4n) is 4.29. The number of sulfonamides is 1. The number of halogens is 1. The Labute approximate surface area is 201 Å². The van der Waals surface area contributed by atoms with Crippen LogP contribution in [0, 0.1) is 0 Å². The molecule has 0 spiro atoms. The second kappa shape index (κ2) is 10.8. The van der Waals surface area contributed by atoms with E-state index in [-0.39, 0.29) is 21.4 Å². The third-order valence-electron chi connectivity index (χ3n) is 6.25. The molecule has 2 aliphatic heterocycles. The fourth-order valence-corrected chi connectivity index (χ4v) is 6.03. The first-order chi connectivity index (χ1) is 15.9. The fraction of sp³-hybridized carbons (Fsp3) is 0.400. The van der Waals surface area contributed by atoms with Crippen molar-refractivity contribution >= 4 is 33.6 Å². The molecular formula is C25H30ClN3O3S. The maximum absolute atomic E-state index is 13.2. The minimum Gasteiger partial charge on any atom is -0.336 e. The Balaban J connectivity index is 1.38. The molecule has 2 aliphatic rings. The summed E-state index contributed by atoms with van der Waals surface area (Å²) >= 11 is 6.33. The van der Waals surface area contributed by atoms with E-state index in [9.17, 15) is 13.2 Å². The van der Waals surface area contributed by atoms with Gasteiger partial charge in [-0.25, -0.2) is 8.42 Å². The molecule has 2 fully saturated rings. The molecule has 0 radical (unpaired) electrons. The summed E-state index contributed by atoms with van der Waals surface area (Å²) in [7, 11) is -3.62. The van der Waals surface area contributed by atoms with Crippen molar-refractivity contribution in [1.29, 1.82) is 0 Å². The molecule has 2 aromatic carbocycles. The van der Waals surface area contributed by atoms with Gasteiger partial charge in [0.1, 0.15) is 0 Å². The summed E-state index contributed by atoms with van der Waals surface area (Å²) in [5, 5.41) is 0.283. The van der Waals surface area contributed by atoms with Gasteiger partial charge in [-0.1, -0.05) is 60.5 Å². The first-order valence-electron chi connectivity index (χ1n) is 11.5. The molecule has 1 amide bonds. The number of nitrogens with zero attached hydrogens (tertiary/aromatic N) is 3. The van der Waals surface area contributed by atoms with Crippen LogP contribution in [0.2, 0.25) is 5.02 Å². The SMILES string of the molecule is O=C(c1cc(S(=O)(=O)N2CCCCC2)ccc1Cl)N1CCN(C/C=C/c2ccccc2)CC1. The Bertz CT molecular complexity index is 1090. The molecule has 0 atom stereocenters. The van der Waals surface area contributed by atoms with Crippen LogP contribution in [0.15, 0.2) is 59.5 Å². The number of piperidine rings is 1. The molecule has 2 saturated heterocycles. The zero-order valence-corrected chi connectivity index (χ0v) is 20.3. The molecular weight excluding hydrogens is 458 g/mol. The Morgan fingerprint density at radius 1 is 0.909 bits per heavy atom. The van der Waals surface area contributed by atoms with Gasteiger partial charge in [0.15, 0.2) is 0 Å². The predicted octanol–water partition coefficient (Wildman–Crippen LogP) is 3.99. The van der Waals surface area contributed by atoms with E-state index in [1.807, 2.05) is 18.2 Å². The maximum Gasteiger partial charge on any atom is 0.255 e. The van der Waals surface area contributed by atoms with E-state index in [0.717, 1.165) is 38.9 Å². The molecule has 176 valence electrons. The van der Waals surface area contributed by atoms with Gasteiger partial charge in [-0.3, -0.25) is 9.69 Å². The highest BCUT2D eigenvalue weighted by Gasteiger charge is 2.29. The predicted molar refractivity (Wildman–Crippen MR) is 132 cm³/mol. The highest BCUT2D eigenvalue weighted by Crippen LogP contribution is 2.26. The molecule has 6 nitrogen and oxygen atoms in total. The zero-order valence-electron chi connectivity index (χ0n) is 18.7. The van der Waals surface area contributed by atoms with Gasteiger partial charge in [0.05, 0.1) is 15.5 Å². The molecule has 2 aromatic rings. The van der Waals surface area contributed by atoms with Crippen molar-refractivity contribution in [1.82, 2.24) is 14.1 Å². The molecule has 4 rings (SSSR count). The van der Waals surface area contributed by atoms with Crippen molar-refractivity contribution in [2.75, 3.05) is 45.8 Å². The van der Waals surface area contributed by atoms with Gasteiger partial charge in [0.2, 0.25) is 10.0 Å². The van der Waals surface area contributed by atoms with Gasteiger partial charge in [0, 0.05) is 45.8 Å². The molecule has 8 heteroatoms. The first-order valence-corrected chi connectivity index (χ1v) is 13.3. The molecule has 0 aromatic heterocycles. The standard InChI is InChI=1S/C25H30ClN3O3S/c26-24-12-11-22(33(31,32)29-14-5-2-6-15-29)20-23(24)25(30)28-18-16-27(17-19-28)13-7-10-21-8-3-1-4-9-21/h1,3-4,7-12,20H,2,5-6,13-19H2/b10-7+. The third kappa shape index (κ3) is 5.84. The number of amides is 1. The van der Waals surface area contributed by atoms with Crippen LogP contribution in [-0.2, 0) is 10.0 Å². The summed E-state index contributed by atoms with van der Waals surface area (Å²) in [4.78, 5) is 17.4. The zero-order chi connectivity index (χ0) is 23.3. The quantitative estimate of drug-likeness (QED) is 0.618. The van der Waals surface area contributed by atoms with E-state index in [2.05, 4.69) is 29.2 Å². The van der Waals surface area contributed by atoms with Crippen LogP contribution in [0.5, 0.6) is 0 Å². The number of hydrogen-bond acceptors (Lipinski definition) is 4. The normalized spacial score (nSPS) is 18.6. The van der Waals surface area contributed by atoms with Crippen LogP contribution in [0.3, 0.4) is 0 Å². The van der Waals surface area contributed by atoms with Crippen molar-refractivity contribution in [2.24, 2.45) is 0 Å². The summed E-state index contributed by atoms with van der Waals surface area (Å²) in [5.74, 6) is -0.213. The second-order valence-corrected chi connectivity index (χ2v) is 10.9. The lowest BCUT2D eigenvalue weighted by Gasteiger charge is -2.34. The van der Waals surface area contributed by atoms with Crippen molar-refractivity contribution in [3.05, 3.63) is 70.8 Å². The Hall–Kier alpha value is -2.19. The molecule has 0 saturated carbocycles. The van der Waals surface area contributed by atoms with E-state index < -0.39 is 10.0 Å². The van der Waals surface area contributed by atoms with E-state index >= 15 is 0 Å². The summed E-state index contributed by atoms with van der Waals surface area (Å²) in [6, 6.07) is 14.6. The van der Waals surface area contributed by atoms with Gasteiger partial charge >= 0.3 is 0 Å². The van der Waals surface area contributed by atoms with E-state index in [1.165, 1.54) is 28.1 Å². The summed E-state index contributed by atoms with van der Waals surface area (Å²) in [6.07, 6.45) is 7.02. The Morgan fingerprint density at radius 3 is 2.30 bits per heavy atom. The number of piperazine rings is 1.